The topological polar surface area (TPSA) is 54.0 Å². The number of nitrogens with zero attached hydrogens (tertiary/aromatic N) is 1. The normalized spacial score (nSPS) is 10.3. The number of carbonyl (C=O) groups excluding carboxylic acids is 1. The van der Waals surface area contributed by atoms with Crippen molar-refractivity contribution in [2.45, 2.75) is 20.4 Å². The molecule has 0 atom stereocenters. The summed E-state index contributed by atoms with van der Waals surface area (Å²) in [7, 11) is 0. The van der Waals surface area contributed by atoms with Gasteiger partial charge in [0.05, 0.1) is 0 Å². The lowest BCUT2D eigenvalue weighted by atomic mass is 10.1. The molecule has 0 aliphatic carbocycles. The lowest BCUT2D eigenvalue weighted by Gasteiger charge is -2.10. The number of pyridine rings is 1. The quantitative estimate of drug-likeness (QED) is 0.720. The first-order valence-corrected chi connectivity index (χ1v) is 8.24. The molecule has 4 heteroatoms. The first kappa shape index (κ1) is 16.7. The van der Waals surface area contributed by atoms with Gasteiger partial charge in [-0.3, -0.25) is 9.78 Å². The molecule has 3 aromatic rings. The fourth-order valence-corrected chi connectivity index (χ4v) is 2.60. The standard InChI is InChI=1S/C21H21N3O/c1-15-8-9-19(16(2)12-15)24-21(25)20-13-18(10-11-22-20)23-14-17-6-4-3-5-7-17/h3-13H,14H2,1-2H3,(H,22,23)(H,24,25). The summed E-state index contributed by atoms with van der Waals surface area (Å²) in [4.78, 5) is 16.7. The minimum atomic E-state index is -0.213. The number of nitrogens with one attached hydrogen (secondary N) is 2. The van der Waals surface area contributed by atoms with E-state index in [2.05, 4.69) is 27.8 Å². The summed E-state index contributed by atoms with van der Waals surface area (Å²) in [6.07, 6.45) is 1.64. The first-order chi connectivity index (χ1) is 12.1. The third kappa shape index (κ3) is 4.44. The molecule has 0 radical (unpaired) electrons. The molecule has 0 spiro atoms. The van der Waals surface area contributed by atoms with Crippen LogP contribution in [0.25, 0.3) is 0 Å². The van der Waals surface area contributed by atoms with Gasteiger partial charge in [0.15, 0.2) is 0 Å². The van der Waals surface area contributed by atoms with E-state index in [9.17, 15) is 4.79 Å². The molecular weight excluding hydrogens is 310 g/mol. The molecule has 0 saturated heterocycles. The number of rotatable bonds is 5. The highest BCUT2D eigenvalue weighted by molar-refractivity contribution is 6.03. The highest BCUT2D eigenvalue weighted by Crippen LogP contribution is 2.17. The van der Waals surface area contributed by atoms with Gasteiger partial charge in [-0.2, -0.15) is 0 Å². The van der Waals surface area contributed by atoms with E-state index in [4.69, 9.17) is 0 Å². The van der Waals surface area contributed by atoms with Crippen molar-refractivity contribution in [3.63, 3.8) is 0 Å². The zero-order valence-electron chi connectivity index (χ0n) is 14.4. The number of amides is 1. The number of hydrogen-bond donors (Lipinski definition) is 2. The van der Waals surface area contributed by atoms with Crippen LogP contribution in [0.15, 0.2) is 66.9 Å². The van der Waals surface area contributed by atoms with Crippen LogP contribution >= 0.6 is 0 Å². The molecule has 126 valence electrons. The van der Waals surface area contributed by atoms with E-state index in [0.29, 0.717) is 12.2 Å². The average molecular weight is 331 g/mol. The van der Waals surface area contributed by atoms with Gasteiger partial charge in [0.25, 0.3) is 5.91 Å². The summed E-state index contributed by atoms with van der Waals surface area (Å²) in [5.41, 5.74) is 5.44. The summed E-state index contributed by atoms with van der Waals surface area (Å²) in [5.74, 6) is -0.213. The first-order valence-electron chi connectivity index (χ1n) is 8.24. The Hall–Kier alpha value is -3.14. The van der Waals surface area contributed by atoms with Gasteiger partial charge in [-0.05, 0) is 43.2 Å². The minimum absolute atomic E-state index is 0.213. The zero-order valence-corrected chi connectivity index (χ0v) is 14.4. The lowest BCUT2D eigenvalue weighted by Crippen LogP contribution is -2.15. The van der Waals surface area contributed by atoms with Crippen LogP contribution in [-0.4, -0.2) is 10.9 Å². The van der Waals surface area contributed by atoms with E-state index in [1.165, 1.54) is 11.1 Å². The van der Waals surface area contributed by atoms with Gasteiger partial charge in [-0.1, -0.05) is 48.0 Å². The van der Waals surface area contributed by atoms with Gasteiger partial charge in [-0.25, -0.2) is 0 Å². The van der Waals surface area contributed by atoms with E-state index >= 15 is 0 Å². The molecule has 2 aromatic carbocycles. The summed E-state index contributed by atoms with van der Waals surface area (Å²) in [6.45, 7) is 4.71. The number of aryl methyl sites for hydroxylation is 2. The molecule has 0 aliphatic rings. The van der Waals surface area contributed by atoms with Crippen molar-refractivity contribution in [2.75, 3.05) is 10.6 Å². The van der Waals surface area contributed by atoms with Crippen molar-refractivity contribution < 1.29 is 4.79 Å². The van der Waals surface area contributed by atoms with Gasteiger partial charge in [0.1, 0.15) is 5.69 Å². The van der Waals surface area contributed by atoms with Crippen molar-refractivity contribution in [2.24, 2.45) is 0 Å². The number of aromatic nitrogens is 1. The average Bonchev–Trinajstić information content (AvgIpc) is 2.63. The molecule has 25 heavy (non-hydrogen) atoms. The predicted octanol–water partition coefficient (Wildman–Crippen LogP) is 4.56. The van der Waals surface area contributed by atoms with Crippen LogP contribution in [0.4, 0.5) is 11.4 Å². The largest absolute Gasteiger partial charge is 0.381 e. The Labute approximate surface area is 147 Å². The second kappa shape index (κ2) is 7.62. The number of anilines is 2. The molecule has 1 aromatic heterocycles. The maximum absolute atomic E-state index is 12.5. The van der Waals surface area contributed by atoms with Gasteiger partial charge >= 0.3 is 0 Å². The van der Waals surface area contributed by atoms with Crippen molar-refractivity contribution in [1.29, 1.82) is 0 Å². The van der Waals surface area contributed by atoms with Gasteiger partial charge in [0.2, 0.25) is 0 Å². The molecule has 1 amide bonds. The maximum atomic E-state index is 12.5. The van der Waals surface area contributed by atoms with Crippen LogP contribution in [0.3, 0.4) is 0 Å². The van der Waals surface area contributed by atoms with Gasteiger partial charge in [0, 0.05) is 24.1 Å². The van der Waals surface area contributed by atoms with Gasteiger partial charge < -0.3 is 10.6 Å². The third-order valence-corrected chi connectivity index (χ3v) is 3.96. The van der Waals surface area contributed by atoms with Gasteiger partial charge in [-0.15, -0.1) is 0 Å². The van der Waals surface area contributed by atoms with Crippen molar-refractivity contribution >= 4 is 17.3 Å². The lowest BCUT2D eigenvalue weighted by molar-refractivity contribution is 0.102. The van der Waals surface area contributed by atoms with E-state index < -0.39 is 0 Å². The van der Waals surface area contributed by atoms with Crippen molar-refractivity contribution in [3.05, 3.63) is 89.2 Å². The number of hydrogen-bond acceptors (Lipinski definition) is 3. The molecule has 3 rings (SSSR count). The molecule has 0 fully saturated rings. The Morgan fingerprint density at radius 3 is 2.56 bits per heavy atom. The van der Waals surface area contributed by atoms with Crippen LogP contribution in [0.1, 0.15) is 27.2 Å². The van der Waals surface area contributed by atoms with Crippen LogP contribution in [0.5, 0.6) is 0 Å². The molecule has 0 saturated carbocycles. The number of benzene rings is 2. The Bertz CT molecular complexity index is 875. The van der Waals surface area contributed by atoms with Crippen molar-refractivity contribution in [1.82, 2.24) is 4.98 Å². The van der Waals surface area contributed by atoms with E-state index in [0.717, 1.165) is 16.9 Å². The van der Waals surface area contributed by atoms with E-state index in [1.54, 1.807) is 12.3 Å². The molecule has 2 N–H and O–H groups in total. The Balaban J connectivity index is 1.69. The minimum Gasteiger partial charge on any atom is -0.381 e. The SMILES string of the molecule is Cc1ccc(NC(=O)c2cc(NCc3ccccc3)ccn2)c(C)c1. The number of carbonyl (C=O) groups is 1. The monoisotopic (exact) mass is 331 g/mol. The molecule has 4 nitrogen and oxygen atoms in total. The van der Waals surface area contributed by atoms with E-state index in [-0.39, 0.29) is 5.91 Å². The Morgan fingerprint density at radius 1 is 1.00 bits per heavy atom. The molecular formula is C21H21N3O. The fourth-order valence-electron chi connectivity index (χ4n) is 2.60. The fraction of sp³-hybridized carbons (Fsp3) is 0.143. The van der Waals surface area contributed by atoms with Crippen LogP contribution < -0.4 is 10.6 Å². The highest BCUT2D eigenvalue weighted by atomic mass is 16.1. The maximum Gasteiger partial charge on any atom is 0.274 e. The summed E-state index contributed by atoms with van der Waals surface area (Å²) >= 11 is 0. The second-order valence-corrected chi connectivity index (χ2v) is 6.04. The molecule has 1 heterocycles. The summed E-state index contributed by atoms with van der Waals surface area (Å²) in [5, 5.41) is 6.24. The zero-order chi connectivity index (χ0) is 17.6. The summed E-state index contributed by atoms with van der Waals surface area (Å²) in [6, 6.07) is 19.7. The Morgan fingerprint density at radius 2 is 1.80 bits per heavy atom. The Kier molecular flexibility index (Phi) is 5.09. The molecule has 0 unspecified atom stereocenters. The smallest absolute Gasteiger partial charge is 0.274 e. The molecule has 0 bridgehead atoms. The predicted molar refractivity (Wildman–Crippen MR) is 102 cm³/mol. The van der Waals surface area contributed by atoms with Crippen LogP contribution in [0, 0.1) is 13.8 Å². The summed E-state index contributed by atoms with van der Waals surface area (Å²) < 4.78 is 0. The van der Waals surface area contributed by atoms with E-state index in [1.807, 2.05) is 56.3 Å². The van der Waals surface area contributed by atoms with Crippen LogP contribution in [-0.2, 0) is 6.54 Å². The molecule has 0 aliphatic heterocycles. The highest BCUT2D eigenvalue weighted by Gasteiger charge is 2.10. The van der Waals surface area contributed by atoms with Crippen molar-refractivity contribution in [3.8, 4) is 0 Å². The van der Waals surface area contributed by atoms with Crippen LogP contribution in [0.2, 0.25) is 0 Å². The third-order valence-electron chi connectivity index (χ3n) is 3.96. The second-order valence-electron chi connectivity index (χ2n) is 6.04.